The molecule has 7 nitrogen and oxygen atoms in total. The van der Waals surface area contributed by atoms with E-state index in [1.165, 1.54) is 7.11 Å². The number of rotatable bonds is 5. The van der Waals surface area contributed by atoms with Gasteiger partial charge in [-0.15, -0.1) is 0 Å². The zero-order valence-corrected chi connectivity index (χ0v) is 9.88. The first kappa shape index (κ1) is 13.5. The van der Waals surface area contributed by atoms with E-state index in [0.29, 0.717) is 11.4 Å². The van der Waals surface area contributed by atoms with Crippen LogP contribution >= 0.6 is 0 Å². The van der Waals surface area contributed by atoms with Gasteiger partial charge in [0.1, 0.15) is 5.75 Å². The van der Waals surface area contributed by atoms with Crippen molar-refractivity contribution < 1.29 is 19.2 Å². The second kappa shape index (κ2) is 6.24. The molecule has 7 heteroatoms. The molecule has 1 aromatic rings. The molecule has 0 bridgehead atoms. The molecule has 0 saturated heterocycles. The van der Waals surface area contributed by atoms with Crippen molar-refractivity contribution in [3.63, 3.8) is 0 Å². The molecule has 0 unspecified atom stereocenters. The van der Waals surface area contributed by atoms with Gasteiger partial charge in [-0.1, -0.05) is 0 Å². The number of carbonyl (C=O) groups is 1. The highest BCUT2D eigenvalue weighted by Gasteiger charge is 2.22. The molecule has 1 rings (SSSR count). The molecular formula is C11H12N2O5. The van der Waals surface area contributed by atoms with Gasteiger partial charge >= 0.3 is 11.7 Å². The highest BCUT2D eigenvalue weighted by molar-refractivity contribution is 5.86. The molecule has 0 saturated carbocycles. The first-order valence-corrected chi connectivity index (χ1v) is 4.92. The van der Waals surface area contributed by atoms with Crippen LogP contribution in [0.5, 0.6) is 5.75 Å². The summed E-state index contributed by atoms with van der Waals surface area (Å²) in [5.41, 5.74) is -0.0904. The average molecular weight is 252 g/mol. The summed E-state index contributed by atoms with van der Waals surface area (Å²) in [6.07, 6.45) is 0.980. The fourth-order valence-electron chi connectivity index (χ4n) is 1.13. The summed E-state index contributed by atoms with van der Waals surface area (Å²) in [6, 6.07) is 6.68. The van der Waals surface area contributed by atoms with E-state index in [2.05, 4.69) is 10.1 Å². The molecule has 0 spiro atoms. The van der Waals surface area contributed by atoms with E-state index in [0.717, 1.165) is 13.3 Å². The third kappa shape index (κ3) is 3.48. The lowest BCUT2D eigenvalue weighted by Gasteiger charge is -2.03. The van der Waals surface area contributed by atoms with E-state index in [1.807, 2.05) is 0 Å². The smallest absolute Gasteiger partial charge is 0.411 e. The van der Waals surface area contributed by atoms with E-state index in [-0.39, 0.29) is 0 Å². The Morgan fingerprint density at radius 2 is 1.94 bits per heavy atom. The first-order valence-electron chi connectivity index (χ1n) is 4.92. The summed E-state index contributed by atoms with van der Waals surface area (Å²) in [5, 5.41) is 13.2. The van der Waals surface area contributed by atoms with Crippen LogP contribution in [-0.4, -0.2) is 25.1 Å². The van der Waals surface area contributed by atoms with Gasteiger partial charge in [0.25, 0.3) is 0 Å². The second-order valence-corrected chi connectivity index (χ2v) is 3.15. The molecule has 0 fully saturated rings. The Labute approximate surface area is 103 Å². The third-order valence-corrected chi connectivity index (χ3v) is 2.06. The Hall–Kier alpha value is -2.57. The monoisotopic (exact) mass is 252 g/mol. The van der Waals surface area contributed by atoms with Crippen LogP contribution in [-0.2, 0) is 9.53 Å². The molecule has 0 amide bonds. The zero-order chi connectivity index (χ0) is 13.5. The Kier molecular flexibility index (Phi) is 4.67. The summed E-state index contributed by atoms with van der Waals surface area (Å²) in [5.74, 6) is -0.354. The lowest BCUT2D eigenvalue weighted by molar-refractivity contribution is -0.421. The highest BCUT2D eigenvalue weighted by atomic mass is 16.6. The average Bonchev–Trinajstić information content (AvgIpc) is 2.39. The minimum Gasteiger partial charge on any atom is -0.497 e. The maximum atomic E-state index is 11.1. The van der Waals surface area contributed by atoms with Gasteiger partial charge in [0.05, 0.1) is 25.3 Å². The maximum Gasteiger partial charge on any atom is 0.411 e. The predicted octanol–water partition coefficient (Wildman–Crippen LogP) is 1.40. The van der Waals surface area contributed by atoms with Crippen LogP contribution in [0.4, 0.5) is 5.69 Å². The number of nitro groups is 1. The Morgan fingerprint density at radius 3 is 2.39 bits per heavy atom. The quantitative estimate of drug-likeness (QED) is 0.368. The molecule has 96 valence electrons. The summed E-state index contributed by atoms with van der Waals surface area (Å²) >= 11 is 0. The number of carbonyl (C=O) groups excluding carboxylic acids is 1. The summed E-state index contributed by atoms with van der Waals surface area (Å²) < 4.78 is 9.25. The Balaban J connectivity index is 2.81. The van der Waals surface area contributed by atoms with E-state index in [1.54, 1.807) is 24.3 Å². The number of nitrogens with one attached hydrogen (secondary N) is 1. The van der Waals surface area contributed by atoms with Crippen LogP contribution in [0.25, 0.3) is 0 Å². The van der Waals surface area contributed by atoms with Gasteiger partial charge in [0, 0.05) is 5.69 Å². The molecule has 0 aromatic heterocycles. The molecule has 0 heterocycles. The van der Waals surface area contributed by atoms with Crippen LogP contribution in [0.1, 0.15) is 0 Å². The molecule has 0 atom stereocenters. The van der Waals surface area contributed by atoms with Gasteiger partial charge < -0.3 is 14.8 Å². The number of nitrogens with zero attached hydrogens (tertiary/aromatic N) is 1. The van der Waals surface area contributed by atoms with Gasteiger partial charge in [0.15, 0.2) is 0 Å². The van der Waals surface area contributed by atoms with E-state index < -0.39 is 16.6 Å². The van der Waals surface area contributed by atoms with Gasteiger partial charge in [-0.2, -0.15) is 0 Å². The number of hydrogen-bond donors (Lipinski definition) is 1. The van der Waals surface area contributed by atoms with Crippen molar-refractivity contribution in [3.8, 4) is 5.75 Å². The maximum absolute atomic E-state index is 11.1. The van der Waals surface area contributed by atoms with Crippen molar-refractivity contribution in [1.82, 2.24) is 0 Å². The normalized spacial score (nSPS) is 10.7. The second-order valence-electron chi connectivity index (χ2n) is 3.15. The zero-order valence-electron chi connectivity index (χ0n) is 9.88. The summed E-state index contributed by atoms with van der Waals surface area (Å²) in [7, 11) is 2.61. The van der Waals surface area contributed by atoms with Crippen molar-refractivity contribution in [3.05, 3.63) is 46.3 Å². The molecular weight excluding hydrogens is 240 g/mol. The van der Waals surface area contributed by atoms with Crippen molar-refractivity contribution in [2.24, 2.45) is 0 Å². The number of hydrogen-bond acceptors (Lipinski definition) is 6. The fourth-order valence-corrected chi connectivity index (χ4v) is 1.13. The fraction of sp³-hybridized carbons (Fsp3) is 0.182. The minimum atomic E-state index is -1.01. The standard InChI is InChI=1S/C11H12N2O5/c1-17-9-5-3-8(4-6-9)12-7-10(13(15)16)11(14)18-2/h3-7,12H,1-2H3/b10-7+. The highest BCUT2D eigenvalue weighted by Crippen LogP contribution is 2.15. The summed E-state index contributed by atoms with van der Waals surface area (Å²) in [6.45, 7) is 0. The van der Waals surface area contributed by atoms with Crippen LogP contribution in [0, 0.1) is 10.1 Å². The van der Waals surface area contributed by atoms with Crippen LogP contribution < -0.4 is 10.1 Å². The molecule has 1 N–H and O–H groups in total. The van der Waals surface area contributed by atoms with Gasteiger partial charge in [-0.05, 0) is 24.3 Å². The number of anilines is 1. The van der Waals surface area contributed by atoms with Crippen LogP contribution in [0.15, 0.2) is 36.2 Å². The molecule has 0 radical (unpaired) electrons. The first-order chi connectivity index (χ1) is 8.58. The van der Waals surface area contributed by atoms with Crippen molar-refractivity contribution >= 4 is 11.7 Å². The van der Waals surface area contributed by atoms with E-state index in [9.17, 15) is 14.9 Å². The number of methoxy groups -OCH3 is 2. The molecule has 0 aliphatic rings. The van der Waals surface area contributed by atoms with Crippen molar-refractivity contribution in [1.29, 1.82) is 0 Å². The number of ether oxygens (including phenoxy) is 2. The van der Waals surface area contributed by atoms with E-state index in [4.69, 9.17) is 4.74 Å². The Morgan fingerprint density at radius 1 is 1.33 bits per heavy atom. The van der Waals surface area contributed by atoms with Crippen molar-refractivity contribution in [2.75, 3.05) is 19.5 Å². The largest absolute Gasteiger partial charge is 0.497 e. The van der Waals surface area contributed by atoms with Crippen molar-refractivity contribution in [2.45, 2.75) is 0 Å². The summed E-state index contributed by atoms with van der Waals surface area (Å²) in [4.78, 5) is 20.9. The third-order valence-electron chi connectivity index (χ3n) is 2.06. The molecule has 0 aliphatic carbocycles. The SMILES string of the molecule is COC(=O)/C(=C\Nc1ccc(OC)cc1)[N+](=O)[O-]. The van der Waals surface area contributed by atoms with Gasteiger partial charge in [0.2, 0.25) is 0 Å². The molecule has 18 heavy (non-hydrogen) atoms. The lowest BCUT2D eigenvalue weighted by Crippen LogP contribution is -2.14. The molecule has 0 aliphatic heterocycles. The Bertz CT molecular complexity index is 467. The number of benzene rings is 1. The molecule has 1 aromatic carbocycles. The van der Waals surface area contributed by atoms with E-state index >= 15 is 0 Å². The van der Waals surface area contributed by atoms with Crippen LogP contribution in [0.2, 0.25) is 0 Å². The minimum absolute atomic E-state index is 0.582. The van der Waals surface area contributed by atoms with Gasteiger partial charge in [-0.3, -0.25) is 10.1 Å². The lowest BCUT2D eigenvalue weighted by atomic mass is 10.3. The predicted molar refractivity (Wildman–Crippen MR) is 63.7 cm³/mol. The van der Waals surface area contributed by atoms with Gasteiger partial charge in [-0.25, -0.2) is 4.79 Å². The van der Waals surface area contributed by atoms with Crippen LogP contribution in [0.3, 0.4) is 0 Å². The topological polar surface area (TPSA) is 90.7 Å². The number of esters is 1.